The monoisotopic (exact) mass is 313 g/mol. The highest BCUT2D eigenvalue weighted by atomic mass is 32.1. The standard InChI is InChI=1S/C14H23N3OS2/c1-11-16-13(10-20-11)9-17-5-2-12(3-6-17)8-15-14(18)4-7-19/h10,12,19H,2-9H2,1H3,(H,15,18). The van der Waals surface area contributed by atoms with Crippen LogP contribution in [0.25, 0.3) is 0 Å². The maximum absolute atomic E-state index is 11.4. The zero-order chi connectivity index (χ0) is 14.4. The third kappa shape index (κ3) is 5.07. The molecule has 0 bridgehead atoms. The lowest BCUT2D eigenvalue weighted by Crippen LogP contribution is -2.38. The smallest absolute Gasteiger partial charge is 0.220 e. The van der Waals surface area contributed by atoms with Crippen molar-refractivity contribution in [3.05, 3.63) is 16.1 Å². The largest absolute Gasteiger partial charge is 0.356 e. The summed E-state index contributed by atoms with van der Waals surface area (Å²) in [5, 5.41) is 6.30. The number of thiazole rings is 1. The molecule has 1 aliphatic rings. The molecule has 0 aliphatic carbocycles. The highest BCUT2D eigenvalue weighted by molar-refractivity contribution is 7.80. The van der Waals surface area contributed by atoms with Crippen molar-refractivity contribution < 1.29 is 4.79 Å². The van der Waals surface area contributed by atoms with Crippen molar-refractivity contribution in [2.45, 2.75) is 32.7 Å². The number of hydrogen-bond acceptors (Lipinski definition) is 5. The molecule has 0 saturated carbocycles. The van der Waals surface area contributed by atoms with Crippen molar-refractivity contribution in [1.29, 1.82) is 0 Å². The van der Waals surface area contributed by atoms with E-state index < -0.39 is 0 Å². The first-order valence-electron chi connectivity index (χ1n) is 7.18. The molecule has 2 heterocycles. The van der Waals surface area contributed by atoms with Crippen LogP contribution >= 0.6 is 24.0 Å². The zero-order valence-corrected chi connectivity index (χ0v) is 13.7. The van der Waals surface area contributed by atoms with E-state index in [0.717, 1.165) is 44.0 Å². The molecule has 0 atom stereocenters. The van der Waals surface area contributed by atoms with E-state index in [1.165, 1.54) is 5.69 Å². The van der Waals surface area contributed by atoms with Gasteiger partial charge in [0.2, 0.25) is 5.91 Å². The fourth-order valence-corrected chi connectivity index (χ4v) is 3.31. The molecular formula is C14H23N3OS2. The quantitative estimate of drug-likeness (QED) is 0.791. The lowest BCUT2D eigenvalue weighted by Gasteiger charge is -2.31. The minimum atomic E-state index is 0.125. The van der Waals surface area contributed by atoms with Gasteiger partial charge in [0.15, 0.2) is 0 Å². The van der Waals surface area contributed by atoms with Crippen molar-refractivity contribution in [3.8, 4) is 0 Å². The summed E-state index contributed by atoms with van der Waals surface area (Å²) in [6, 6.07) is 0. The molecule has 1 aromatic heterocycles. The van der Waals surface area contributed by atoms with Crippen LogP contribution in [0.3, 0.4) is 0 Å². The second kappa shape index (κ2) is 8.00. The number of rotatable bonds is 6. The van der Waals surface area contributed by atoms with Gasteiger partial charge < -0.3 is 5.32 Å². The van der Waals surface area contributed by atoms with Crippen molar-refractivity contribution in [3.63, 3.8) is 0 Å². The Hall–Kier alpha value is -0.590. The summed E-state index contributed by atoms with van der Waals surface area (Å²) in [5.74, 6) is 1.37. The third-order valence-corrected chi connectivity index (χ3v) is 4.73. The fourth-order valence-electron chi connectivity index (χ4n) is 2.51. The molecule has 1 aliphatic heterocycles. The first kappa shape index (κ1) is 15.8. The van der Waals surface area contributed by atoms with Crippen LogP contribution in [-0.4, -0.2) is 41.2 Å². The Balaban J connectivity index is 1.66. The Bertz CT molecular complexity index is 428. The molecule has 20 heavy (non-hydrogen) atoms. The summed E-state index contributed by atoms with van der Waals surface area (Å²) in [6.45, 7) is 6.03. The lowest BCUT2D eigenvalue weighted by molar-refractivity contribution is -0.120. The number of likely N-dealkylation sites (tertiary alicyclic amines) is 1. The molecule has 112 valence electrons. The first-order chi connectivity index (χ1) is 9.67. The van der Waals surface area contributed by atoms with Gasteiger partial charge in [-0.3, -0.25) is 9.69 Å². The van der Waals surface area contributed by atoms with E-state index in [1.54, 1.807) is 11.3 Å². The van der Waals surface area contributed by atoms with Crippen LogP contribution in [0.4, 0.5) is 0 Å². The number of nitrogens with one attached hydrogen (secondary N) is 1. The van der Waals surface area contributed by atoms with Crippen LogP contribution in [0.1, 0.15) is 30.0 Å². The molecule has 1 aromatic rings. The van der Waals surface area contributed by atoms with Crippen molar-refractivity contribution in [1.82, 2.24) is 15.2 Å². The summed E-state index contributed by atoms with van der Waals surface area (Å²) in [7, 11) is 0. The Morgan fingerprint density at radius 3 is 2.90 bits per heavy atom. The van der Waals surface area contributed by atoms with Crippen LogP contribution in [-0.2, 0) is 11.3 Å². The molecule has 1 fully saturated rings. The summed E-state index contributed by atoms with van der Waals surface area (Å²) >= 11 is 5.79. The number of nitrogens with zero attached hydrogens (tertiary/aromatic N) is 2. The predicted molar refractivity (Wildman–Crippen MR) is 86.3 cm³/mol. The van der Waals surface area contributed by atoms with Gasteiger partial charge >= 0.3 is 0 Å². The Labute approximate surface area is 130 Å². The average Bonchev–Trinajstić information content (AvgIpc) is 2.84. The maximum Gasteiger partial charge on any atom is 0.220 e. The van der Waals surface area contributed by atoms with E-state index in [9.17, 15) is 4.79 Å². The lowest BCUT2D eigenvalue weighted by atomic mass is 9.96. The van der Waals surface area contributed by atoms with Crippen molar-refractivity contribution >= 4 is 29.9 Å². The number of piperidine rings is 1. The number of aromatic nitrogens is 1. The molecule has 1 N–H and O–H groups in total. The van der Waals surface area contributed by atoms with E-state index in [2.05, 4.69) is 33.2 Å². The summed E-state index contributed by atoms with van der Waals surface area (Å²) in [5.41, 5.74) is 1.19. The first-order valence-corrected chi connectivity index (χ1v) is 8.69. The van der Waals surface area contributed by atoms with Gasteiger partial charge in [-0.2, -0.15) is 12.6 Å². The SMILES string of the molecule is Cc1nc(CN2CCC(CNC(=O)CCS)CC2)cs1. The van der Waals surface area contributed by atoms with Gasteiger partial charge in [-0.25, -0.2) is 4.98 Å². The highest BCUT2D eigenvalue weighted by Gasteiger charge is 2.20. The van der Waals surface area contributed by atoms with Gasteiger partial charge in [0.1, 0.15) is 0 Å². The maximum atomic E-state index is 11.4. The molecule has 0 radical (unpaired) electrons. The number of carbonyl (C=O) groups excluding carboxylic acids is 1. The topological polar surface area (TPSA) is 45.2 Å². The second-order valence-corrected chi connectivity index (χ2v) is 6.86. The molecule has 0 spiro atoms. The zero-order valence-electron chi connectivity index (χ0n) is 12.0. The van der Waals surface area contributed by atoms with Crippen LogP contribution in [0.15, 0.2) is 5.38 Å². The van der Waals surface area contributed by atoms with E-state index >= 15 is 0 Å². The number of aryl methyl sites for hydroxylation is 1. The van der Waals surface area contributed by atoms with Gasteiger partial charge in [0.25, 0.3) is 0 Å². The summed E-state index contributed by atoms with van der Waals surface area (Å²) in [6.07, 6.45) is 2.83. The molecule has 1 amide bonds. The Kier molecular flexibility index (Phi) is 6.32. The number of amides is 1. The van der Waals surface area contributed by atoms with Crippen molar-refractivity contribution in [2.75, 3.05) is 25.4 Å². The van der Waals surface area contributed by atoms with E-state index in [4.69, 9.17) is 0 Å². The predicted octanol–water partition coefficient (Wildman–Crippen LogP) is 2.10. The van der Waals surface area contributed by atoms with E-state index in [1.807, 2.05) is 6.92 Å². The third-order valence-electron chi connectivity index (χ3n) is 3.69. The fraction of sp³-hybridized carbons (Fsp3) is 0.714. The van der Waals surface area contributed by atoms with E-state index in [-0.39, 0.29) is 5.91 Å². The van der Waals surface area contributed by atoms with Gasteiger partial charge in [-0.1, -0.05) is 0 Å². The molecule has 0 aromatic carbocycles. The van der Waals surface area contributed by atoms with Crippen LogP contribution in [0, 0.1) is 12.8 Å². The number of hydrogen-bond donors (Lipinski definition) is 2. The minimum absolute atomic E-state index is 0.125. The van der Waals surface area contributed by atoms with Gasteiger partial charge in [-0.05, 0) is 44.5 Å². The average molecular weight is 313 g/mol. The van der Waals surface area contributed by atoms with E-state index in [0.29, 0.717) is 18.1 Å². The molecule has 0 unspecified atom stereocenters. The Morgan fingerprint density at radius 1 is 1.55 bits per heavy atom. The molecule has 2 rings (SSSR count). The highest BCUT2D eigenvalue weighted by Crippen LogP contribution is 2.19. The molecule has 6 heteroatoms. The number of thiol groups is 1. The van der Waals surface area contributed by atoms with Crippen LogP contribution in [0.2, 0.25) is 0 Å². The Morgan fingerprint density at radius 2 is 2.30 bits per heavy atom. The molecular weight excluding hydrogens is 290 g/mol. The van der Waals surface area contributed by atoms with Crippen LogP contribution < -0.4 is 5.32 Å². The van der Waals surface area contributed by atoms with Gasteiger partial charge in [0.05, 0.1) is 10.7 Å². The van der Waals surface area contributed by atoms with Crippen molar-refractivity contribution in [2.24, 2.45) is 5.92 Å². The molecule has 4 nitrogen and oxygen atoms in total. The minimum Gasteiger partial charge on any atom is -0.356 e. The van der Waals surface area contributed by atoms with Crippen LogP contribution in [0.5, 0.6) is 0 Å². The summed E-state index contributed by atoms with van der Waals surface area (Å²) in [4.78, 5) is 18.4. The summed E-state index contributed by atoms with van der Waals surface area (Å²) < 4.78 is 0. The normalized spacial score (nSPS) is 17.3. The molecule has 1 saturated heterocycles. The number of carbonyl (C=O) groups is 1. The van der Waals surface area contributed by atoms with Gasteiger partial charge in [-0.15, -0.1) is 11.3 Å². The van der Waals surface area contributed by atoms with Gasteiger partial charge in [0, 0.05) is 24.9 Å². The second-order valence-electron chi connectivity index (χ2n) is 5.36.